The summed E-state index contributed by atoms with van der Waals surface area (Å²) >= 11 is 0. The van der Waals surface area contributed by atoms with Gasteiger partial charge in [0.2, 0.25) is 10.0 Å². The van der Waals surface area contributed by atoms with Crippen molar-refractivity contribution in [2.45, 2.75) is 17.9 Å². The molecule has 3 N–H and O–H groups in total. The Morgan fingerprint density at radius 2 is 1.89 bits per heavy atom. The van der Waals surface area contributed by atoms with Crippen LogP contribution in [-0.2, 0) is 10.0 Å². The number of likely N-dealkylation sites (N-methyl/N-ethyl adjacent to an activating group) is 1. The quantitative estimate of drug-likeness (QED) is 0.762. The van der Waals surface area contributed by atoms with Gasteiger partial charge >= 0.3 is 0 Å². The van der Waals surface area contributed by atoms with Gasteiger partial charge in [-0.3, -0.25) is 0 Å². The van der Waals surface area contributed by atoms with E-state index in [0.29, 0.717) is 17.9 Å². The smallest absolute Gasteiger partial charge is 0.242 e. The average Bonchev–Trinajstić information content (AvgIpc) is 2.27. The molecule has 0 aliphatic rings. The number of nitrogens with zero attached hydrogens (tertiary/aromatic N) is 2. The number of rotatable bonds is 5. The van der Waals surface area contributed by atoms with E-state index < -0.39 is 16.1 Å². The van der Waals surface area contributed by atoms with Crippen molar-refractivity contribution in [1.29, 1.82) is 0 Å². The van der Waals surface area contributed by atoms with Crippen molar-refractivity contribution in [2.24, 2.45) is 0 Å². The zero-order valence-corrected chi connectivity index (χ0v) is 12.5. The minimum atomic E-state index is -3.49. The molecule has 0 heterocycles. The van der Waals surface area contributed by atoms with Crippen molar-refractivity contribution in [3.8, 4) is 0 Å². The number of hydrogen-bond donors (Lipinski definition) is 2. The molecule has 1 aromatic carbocycles. The first kappa shape index (κ1) is 15.7. The van der Waals surface area contributed by atoms with Crippen molar-refractivity contribution in [3.63, 3.8) is 0 Å². The highest BCUT2D eigenvalue weighted by atomic mass is 32.2. The van der Waals surface area contributed by atoms with Gasteiger partial charge in [-0.25, -0.2) is 12.7 Å². The summed E-state index contributed by atoms with van der Waals surface area (Å²) in [7, 11) is 1.22. The number of hydrogen-bond acceptors (Lipinski definition) is 5. The van der Waals surface area contributed by atoms with Gasteiger partial charge in [-0.15, -0.1) is 0 Å². The third kappa shape index (κ3) is 3.59. The first-order chi connectivity index (χ1) is 8.66. The average molecular weight is 287 g/mol. The number of nitrogen functional groups attached to an aromatic ring is 1. The fourth-order valence-corrected chi connectivity index (χ4v) is 2.64. The van der Waals surface area contributed by atoms with Crippen LogP contribution in [0.15, 0.2) is 23.1 Å². The zero-order chi connectivity index (χ0) is 14.8. The lowest BCUT2D eigenvalue weighted by atomic mass is 10.2. The molecular formula is C12H21N3O3S. The van der Waals surface area contributed by atoms with Crippen LogP contribution in [0, 0.1) is 0 Å². The van der Waals surface area contributed by atoms with Crippen LogP contribution in [0.3, 0.4) is 0 Å². The molecule has 0 spiro atoms. The van der Waals surface area contributed by atoms with Crippen LogP contribution in [0.2, 0.25) is 0 Å². The van der Waals surface area contributed by atoms with Gasteiger partial charge in [-0.2, -0.15) is 0 Å². The predicted molar refractivity (Wildman–Crippen MR) is 76.7 cm³/mol. The summed E-state index contributed by atoms with van der Waals surface area (Å²) in [5.41, 5.74) is 6.91. The summed E-state index contributed by atoms with van der Waals surface area (Å²) in [6, 6.07) is 4.56. The number of nitrogens with two attached hydrogens (primary N) is 1. The lowest BCUT2D eigenvalue weighted by Crippen LogP contribution is -2.28. The fraction of sp³-hybridized carbons (Fsp3) is 0.500. The molecule has 108 valence electrons. The highest BCUT2D eigenvalue weighted by molar-refractivity contribution is 7.89. The van der Waals surface area contributed by atoms with E-state index in [1.165, 1.54) is 26.2 Å². The van der Waals surface area contributed by atoms with Crippen LogP contribution >= 0.6 is 0 Å². The van der Waals surface area contributed by atoms with Gasteiger partial charge in [0, 0.05) is 27.7 Å². The molecule has 0 aromatic heterocycles. The van der Waals surface area contributed by atoms with E-state index in [2.05, 4.69) is 0 Å². The monoisotopic (exact) mass is 287 g/mol. The third-order valence-electron chi connectivity index (χ3n) is 2.73. The number of benzene rings is 1. The van der Waals surface area contributed by atoms with Gasteiger partial charge in [0.05, 0.1) is 22.4 Å². The van der Waals surface area contributed by atoms with Crippen LogP contribution in [0.5, 0.6) is 0 Å². The van der Waals surface area contributed by atoms with Gasteiger partial charge in [-0.05, 0) is 25.1 Å². The molecule has 0 aliphatic heterocycles. The second-order valence-electron chi connectivity index (χ2n) is 4.74. The number of anilines is 2. The Morgan fingerprint density at radius 1 is 1.32 bits per heavy atom. The lowest BCUT2D eigenvalue weighted by molar-refractivity contribution is 0.201. The maximum Gasteiger partial charge on any atom is 0.242 e. The molecule has 1 unspecified atom stereocenters. The van der Waals surface area contributed by atoms with Crippen LogP contribution in [-0.4, -0.2) is 51.6 Å². The molecule has 0 aliphatic carbocycles. The Balaban J connectivity index is 3.22. The summed E-state index contributed by atoms with van der Waals surface area (Å²) in [6.07, 6.45) is -0.529. The molecule has 0 saturated carbocycles. The number of sulfonamides is 1. The first-order valence-electron chi connectivity index (χ1n) is 5.87. The molecule has 6 nitrogen and oxygen atoms in total. The predicted octanol–water partition coefficient (Wildman–Crippen LogP) is 0.336. The Kier molecular flexibility index (Phi) is 4.78. The van der Waals surface area contributed by atoms with Gasteiger partial charge in [0.15, 0.2) is 0 Å². The first-order valence-corrected chi connectivity index (χ1v) is 7.31. The molecule has 19 heavy (non-hydrogen) atoms. The number of aliphatic hydroxyl groups excluding tert-OH is 1. The van der Waals surface area contributed by atoms with E-state index in [1.807, 2.05) is 0 Å². The molecule has 1 aromatic rings. The number of aliphatic hydroxyl groups is 1. The summed E-state index contributed by atoms with van der Waals surface area (Å²) in [5, 5.41) is 9.38. The van der Waals surface area contributed by atoms with E-state index in [0.717, 1.165) is 4.31 Å². The van der Waals surface area contributed by atoms with E-state index >= 15 is 0 Å². The molecule has 1 rings (SSSR count). The molecular weight excluding hydrogens is 266 g/mol. The van der Waals surface area contributed by atoms with Crippen LogP contribution in [0.4, 0.5) is 11.4 Å². The lowest BCUT2D eigenvalue weighted by Gasteiger charge is -2.23. The Morgan fingerprint density at radius 3 is 2.37 bits per heavy atom. The molecule has 0 saturated heterocycles. The fourth-order valence-electron chi connectivity index (χ4n) is 1.72. The SMILES string of the molecule is CC(O)CN(C)c1cc(S(=O)(=O)N(C)C)ccc1N. The van der Waals surface area contributed by atoms with Crippen LogP contribution < -0.4 is 10.6 Å². The maximum absolute atomic E-state index is 12.1. The van der Waals surface area contributed by atoms with Crippen molar-refractivity contribution in [1.82, 2.24) is 4.31 Å². The van der Waals surface area contributed by atoms with E-state index in [1.54, 1.807) is 24.9 Å². The van der Waals surface area contributed by atoms with Crippen LogP contribution in [0.1, 0.15) is 6.92 Å². The topological polar surface area (TPSA) is 86.9 Å². The Bertz CT molecular complexity index is 541. The van der Waals surface area contributed by atoms with Gasteiger partial charge in [-0.1, -0.05) is 0 Å². The minimum absolute atomic E-state index is 0.180. The molecule has 7 heteroatoms. The molecule has 0 bridgehead atoms. The van der Waals surface area contributed by atoms with Crippen molar-refractivity contribution in [2.75, 3.05) is 38.3 Å². The van der Waals surface area contributed by atoms with Crippen molar-refractivity contribution < 1.29 is 13.5 Å². The van der Waals surface area contributed by atoms with E-state index in [-0.39, 0.29) is 4.90 Å². The Labute approximate surface area is 114 Å². The highest BCUT2D eigenvalue weighted by Gasteiger charge is 2.19. The largest absolute Gasteiger partial charge is 0.397 e. The summed E-state index contributed by atoms with van der Waals surface area (Å²) in [6.45, 7) is 2.03. The van der Waals surface area contributed by atoms with Gasteiger partial charge in [0.1, 0.15) is 0 Å². The molecule has 0 fully saturated rings. The summed E-state index contributed by atoms with van der Waals surface area (Å²) in [4.78, 5) is 1.91. The second kappa shape index (κ2) is 5.77. The Hall–Kier alpha value is -1.31. The van der Waals surface area contributed by atoms with Gasteiger partial charge in [0.25, 0.3) is 0 Å². The van der Waals surface area contributed by atoms with E-state index in [4.69, 9.17) is 5.73 Å². The minimum Gasteiger partial charge on any atom is -0.397 e. The zero-order valence-electron chi connectivity index (χ0n) is 11.7. The summed E-state index contributed by atoms with van der Waals surface area (Å²) in [5.74, 6) is 0. The standard InChI is InChI=1S/C12H21N3O3S/c1-9(16)8-15(4)12-7-10(5-6-11(12)13)19(17,18)14(2)3/h5-7,9,16H,8,13H2,1-4H3. The van der Waals surface area contributed by atoms with Crippen molar-refractivity contribution in [3.05, 3.63) is 18.2 Å². The van der Waals surface area contributed by atoms with E-state index in [9.17, 15) is 13.5 Å². The maximum atomic E-state index is 12.1. The second-order valence-corrected chi connectivity index (χ2v) is 6.89. The third-order valence-corrected chi connectivity index (χ3v) is 4.54. The van der Waals surface area contributed by atoms with Gasteiger partial charge < -0.3 is 15.7 Å². The summed E-state index contributed by atoms with van der Waals surface area (Å²) < 4.78 is 25.3. The molecule has 1 atom stereocenters. The molecule has 0 amide bonds. The van der Waals surface area contributed by atoms with Crippen molar-refractivity contribution >= 4 is 21.4 Å². The normalized spacial score (nSPS) is 13.6. The highest BCUT2D eigenvalue weighted by Crippen LogP contribution is 2.27. The molecule has 0 radical (unpaired) electrons. The van der Waals surface area contributed by atoms with Crippen LogP contribution in [0.25, 0.3) is 0 Å².